The zero-order valence-electron chi connectivity index (χ0n) is 16.6. The number of anilines is 2. The van der Waals surface area contributed by atoms with E-state index in [-0.39, 0.29) is 15.9 Å². The fourth-order valence-corrected chi connectivity index (χ4v) is 3.09. The molecule has 3 aromatic carbocycles. The van der Waals surface area contributed by atoms with Gasteiger partial charge in [0.25, 0.3) is 11.8 Å². The van der Waals surface area contributed by atoms with E-state index in [1.807, 2.05) is 0 Å². The Morgan fingerprint density at radius 1 is 0.812 bits per heavy atom. The van der Waals surface area contributed by atoms with Gasteiger partial charge < -0.3 is 10.6 Å². The quantitative estimate of drug-likeness (QED) is 0.325. The number of benzene rings is 3. The smallest absolute Gasteiger partial charge is 0.255 e. The van der Waals surface area contributed by atoms with Crippen LogP contribution >= 0.6 is 12.2 Å². The number of tetrazole rings is 1. The summed E-state index contributed by atoms with van der Waals surface area (Å²) in [6.45, 7) is 0. The van der Waals surface area contributed by atoms with Crippen molar-refractivity contribution in [2.45, 2.75) is 0 Å². The number of hydrogen-bond acceptors (Lipinski definition) is 5. The van der Waals surface area contributed by atoms with Gasteiger partial charge in [-0.1, -0.05) is 45.5 Å². The predicted molar refractivity (Wildman–Crippen MR) is 126 cm³/mol. The lowest BCUT2D eigenvalue weighted by Crippen LogP contribution is -2.17. The molecule has 4 radical (unpaired) electrons. The van der Waals surface area contributed by atoms with Crippen molar-refractivity contribution in [1.82, 2.24) is 20.2 Å². The van der Waals surface area contributed by atoms with Crippen LogP contribution in [0.5, 0.6) is 0 Å². The number of hydrogen-bond donors (Lipinski definition) is 3. The molecular formula is C21H14B2N6O2S. The second kappa shape index (κ2) is 9.03. The number of nitrogens with zero attached hydrogens (tertiary/aromatic N) is 3. The number of amides is 2. The van der Waals surface area contributed by atoms with Crippen LogP contribution in [0.3, 0.4) is 0 Å². The zero-order valence-corrected chi connectivity index (χ0v) is 17.4. The molecule has 2 amide bonds. The largest absolute Gasteiger partial charge is 0.322 e. The third-order valence-electron chi connectivity index (χ3n) is 4.51. The number of aromatic amines is 1. The topological polar surface area (TPSA) is 105 Å². The monoisotopic (exact) mass is 436 g/mol. The summed E-state index contributed by atoms with van der Waals surface area (Å²) < 4.78 is 1.53. The van der Waals surface area contributed by atoms with Gasteiger partial charge in [-0.3, -0.25) is 9.59 Å². The first kappa shape index (κ1) is 21.3. The summed E-state index contributed by atoms with van der Waals surface area (Å²) in [5, 5.41) is 15.6. The van der Waals surface area contributed by atoms with E-state index in [1.54, 1.807) is 60.7 Å². The Balaban J connectivity index is 1.69. The molecule has 4 rings (SSSR count). The molecule has 0 unspecified atom stereocenters. The number of carbonyl (C=O) groups is 2. The molecule has 0 saturated carbocycles. The van der Waals surface area contributed by atoms with Gasteiger partial charge in [-0.15, -0.1) is 0 Å². The van der Waals surface area contributed by atoms with Crippen molar-refractivity contribution in [2.24, 2.45) is 0 Å². The Morgan fingerprint density at radius 3 is 1.69 bits per heavy atom. The average molecular weight is 436 g/mol. The Bertz CT molecular complexity index is 1270. The van der Waals surface area contributed by atoms with Gasteiger partial charge in [0.1, 0.15) is 15.7 Å². The molecule has 1 aromatic heterocycles. The molecule has 0 spiro atoms. The molecule has 4 aromatic rings. The van der Waals surface area contributed by atoms with Crippen molar-refractivity contribution in [3.63, 3.8) is 0 Å². The van der Waals surface area contributed by atoms with E-state index in [4.69, 9.17) is 27.9 Å². The molecule has 0 saturated heterocycles. The Morgan fingerprint density at radius 2 is 1.28 bits per heavy atom. The minimum Gasteiger partial charge on any atom is -0.322 e. The fraction of sp³-hybridized carbons (Fsp3) is 0. The molecule has 1 heterocycles. The van der Waals surface area contributed by atoms with Gasteiger partial charge in [0.2, 0.25) is 4.77 Å². The van der Waals surface area contributed by atoms with E-state index in [9.17, 15) is 9.59 Å². The highest BCUT2D eigenvalue weighted by molar-refractivity contribution is 7.71. The van der Waals surface area contributed by atoms with Crippen LogP contribution in [-0.4, -0.2) is 47.7 Å². The Hall–Kier alpha value is -3.98. The number of H-pyrrole nitrogens is 1. The highest BCUT2D eigenvalue weighted by atomic mass is 32.1. The summed E-state index contributed by atoms with van der Waals surface area (Å²) in [7, 11) is 11.4. The standard InChI is InChI=1S/C21H14B2N6O2S/c22-14-1-5-16(6-2-14)24-19(30)12-9-13(11-18(10-12)29-21(32)26-27-28-29)20(31)25-17-7-3-15(23)4-8-17/h1-11H,(H,24,30)(H,25,31)(H,26,28,32). The van der Waals surface area contributed by atoms with Crippen molar-refractivity contribution >= 4 is 62.0 Å². The van der Waals surface area contributed by atoms with Crippen molar-refractivity contribution in [3.05, 3.63) is 82.6 Å². The highest BCUT2D eigenvalue weighted by Gasteiger charge is 2.15. The Labute approximate surface area is 190 Å². The van der Waals surface area contributed by atoms with Crippen LogP contribution in [0.4, 0.5) is 11.4 Å². The number of nitrogens with one attached hydrogen (secondary N) is 3. The molecule has 0 bridgehead atoms. The molecule has 0 aliphatic rings. The third kappa shape index (κ3) is 4.84. The lowest BCUT2D eigenvalue weighted by molar-refractivity contribution is 0.102. The lowest BCUT2D eigenvalue weighted by Gasteiger charge is -2.11. The summed E-state index contributed by atoms with van der Waals surface area (Å²) in [5.74, 6) is -0.839. The van der Waals surface area contributed by atoms with Crippen LogP contribution in [0.1, 0.15) is 20.7 Å². The molecule has 32 heavy (non-hydrogen) atoms. The summed E-state index contributed by atoms with van der Waals surface area (Å²) in [5.41, 5.74) is 3.16. The Kier molecular flexibility index (Phi) is 6.00. The van der Waals surface area contributed by atoms with E-state index in [0.29, 0.717) is 28.0 Å². The zero-order chi connectivity index (χ0) is 22.7. The first-order valence-electron chi connectivity index (χ1n) is 9.38. The van der Waals surface area contributed by atoms with Crippen LogP contribution in [0.25, 0.3) is 5.69 Å². The summed E-state index contributed by atoms with van der Waals surface area (Å²) in [4.78, 5) is 25.8. The number of aromatic nitrogens is 4. The fourth-order valence-electron chi connectivity index (χ4n) is 2.91. The SMILES string of the molecule is [B]c1ccc(NC(=O)c2cc(C(=O)Nc3ccc([B])cc3)cc(-n3[nH]nnc3=S)c2)cc1. The molecule has 11 heteroatoms. The van der Waals surface area contributed by atoms with Crippen LogP contribution in [0, 0.1) is 4.77 Å². The predicted octanol–water partition coefficient (Wildman–Crippen LogP) is 1.42. The minimum atomic E-state index is -0.419. The number of carbonyl (C=O) groups excluding carboxylic acids is 2. The van der Waals surface area contributed by atoms with Gasteiger partial charge >= 0.3 is 0 Å². The summed E-state index contributed by atoms with van der Waals surface area (Å²) in [6, 6.07) is 18.0. The minimum absolute atomic E-state index is 0.144. The van der Waals surface area contributed by atoms with Crippen molar-refractivity contribution in [1.29, 1.82) is 0 Å². The summed E-state index contributed by atoms with van der Waals surface area (Å²) >= 11 is 5.15. The second-order valence-electron chi connectivity index (χ2n) is 6.84. The first-order chi connectivity index (χ1) is 15.4. The van der Waals surface area contributed by atoms with Gasteiger partial charge in [0, 0.05) is 22.5 Å². The van der Waals surface area contributed by atoms with Crippen LogP contribution in [-0.2, 0) is 0 Å². The van der Waals surface area contributed by atoms with Crippen molar-refractivity contribution < 1.29 is 9.59 Å². The highest BCUT2D eigenvalue weighted by Crippen LogP contribution is 2.18. The van der Waals surface area contributed by atoms with E-state index in [0.717, 1.165) is 0 Å². The van der Waals surface area contributed by atoms with Crippen LogP contribution in [0.15, 0.2) is 66.7 Å². The van der Waals surface area contributed by atoms with Gasteiger partial charge in [-0.05, 0) is 54.7 Å². The van der Waals surface area contributed by atoms with Crippen molar-refractivity contribution in [2.75, 3.05) is 10.6 Å². The van der Waals surface area contributed by atoms with E-state index < -0.39 is 11.8 Å². The molecule has 0 aliphatic carbocycles. The molecule has 3 N–H and O–H groups in total. The normalized spacial score (nSPS) is 10.5. The van der Waals surface area contributed by atoms with Gasteiger partial charge in [-0.2, -0.15) is 5.21 Å². The van der Waals surface area contributed by atoms with E-state index in [1.165, 1.54) is 10.7 Å². The maximum Gasteiger partial charge on any atom is 0.255 e. The van der Waals surface area contributed by atoms with Gasteiger partial charge in [0.15, 0.2) is 0 Å². The average Bonchev–Trinajstić information content (AvgIpc) is 3.22. The molecule has 8 nitrogen and oxygen atoms in total. The van der Waals surface area contributed by atoms with E-state index >= 15 is 0 Å². The van der Waals surface area contributed by atoms with Crippen LogP contribution in [0.2, 0.25) is 0 Å². The second-order valence-corrected chi connectivity index (χ2v) is 7.20. The van der Waals surface area contributed by atoms with Gasteiger partial charge in [-0.25, -0.2) is 4.68 Å². The molecular weight excluding hydrogens is 422 g/mol. The molecule has 0 atom stereocenters. The molecule has 0 fully saturated rings. The molecule has 152 valence electrons. The first-order valence-corrected chi connectivity index (χ1v) is 9.79. The summed E-state index contributed by atoms with van der Waals surface area (Å²) in [6.07, 6.45) is 0. The van der Waals surface area contributed by atoms with E-state index in [2.05, 4.69) is 26.2 Å². The maximum absolute atomic E-state index is 12.9. The third-order valence-corrected chi connectivity index (χ3v) is 4.77. The number of rotatable bonds is 5. The van der Waals surface area contributed by atoms with Gasteiger partial charge in [0.05, 0.1) is 5.69 Å². The maximum atomic E-state index is 12.9. The van der Waals surface area contributed by atoms with Crippen LogP contribution < -0.4 is 21.6 Å². The van der Waals surface area contributed by atoms with Crippen molar-refractivity contribution in [3.8, 4) is 5.69 Å². The lowest BCUT2D eigenvalue weighted by atomic mass is 9.96. The molecule has 0 aliphatic heterocycles.